The van der Waals surface area contributed by atoms with Gasteiger partial charge >= 0.3 is 0 Å². The van der Waals surface area contributed by atoms with Crippen LogP contribution in [0, 0.1) is 0 Å². The standard InChI is InChI=1S/C15H21N3O2/c1-3-19-15(20-4-2)14(18-16)12-8-7-11-6-5-9-17-13(11)10-12/h5-10,14-15,18H,3-4,16H2,1-2H3. The van der Waals surface area contributed by atoms with E-state index in [1.54, 1.807) is 6.20 Å². The number of pyridine rings is 1. The number of benzene rings is 1. The Morgan fingerprint density at radius 3 is 2.60 bits per heavy atom. The van der Waals surface area contributed by atoms with E-state index in [0.29, 0.717) is 13.2 Å². The zero-order valence-electron chi connectivity index (χ0n) is 11.9. The Kier molecular flexibility index (Phi) is 5.43. The molecule has 20 heavy (non-hydrogen) atoms. The van der Waals surface area contributed by atoms with Crippen LogP contribution >= 0.6 is 0 Å². The molecule has 0 aliphatic carbocycles. The average Bonchev–Trinajstić information content (AvgIpc) is 2.48. The summed E-state index contributed by atoms with van der Waals surface area (Å²) in [6.07, 6.45) is 1.36. The van der Waals surface area contributed by atoms with Gasteiger partial charge in [0.15, 0.2) is 6.29 Å². The van der Waals surface area contributed by atoms with E-state index in [9.17, 15) is 0 Å². The molecule has 0 spiro atoms. The summed E-state index contributed by atoms with van der Waals surface area (Å²) < 4.78 is 11.2. The Morgan fingerprint density at radius 2 is 1.95 bits per heavy atom. The van der Waals surface area contributed by atoms with E-state index in [1.165, 1.54) is 0 Å². The lowest BCUT2D eigenvalue weighted by atomic mass is 10.0. The van der Waals surface area contributed by atoms with Crippen molar-refractivity contribution in [2.75, 3.05) is 13.2 Å². The molecule has 1 heterocycles. The fraction of sp³-hybridized carbons (Fsp3) is 0.400. The van der Waals surface area contributed by atoms with Crippen molar-refractivity contribution in [2.24, 2.45) is 5.84 Å². The number of nitrogens with one attached hydrogen (secondary N) is 1. The maximum absolute atomic E-state index is 5.68. The minimum atomic E-state index is -0.420. The van der Waals surface area contributed by atoms with Crippen molar-refractivity contribution in [3.05, 3.63) is 42.1 Å². The van der Waals surface area contributed by atoms with Gasteiger partial charge in [-0.15, -0.1) is 0 Å². The van der Waals surface area contributed by atoms with Gasteiger partial charge in [0.2, 0.25) is 0 Å². The molecule has 0 bridgehead atoms. The highest BCUT2D eigenvalue weighted by atomic mass is 16.7. The minimum Gasteiger partial charge on any atom is -0.351 e. The molecule has 5 nitrogen and oxygen atoms in total. The molecule has 1 aromatic carbocycles. The number of ether oxygens (including phenoxy) is 2. The quantitative estimate of drug-likeness (QED) is 0.460. The van der Waals surface area contributed by atoms with Crippen molar-refractivity contribution in [1.82, 2.24) is 10.4 Å². The highest BCUT2D eigenvalue weighted by Gasteiger charge is 2.23. The van der Waals surface area contributed by atoms with Crippen molar-refractivity contribution in [1.29, 1.82) is 0 Å². The zero-order chi connectivity index (χ0) is 14.4. The molecule has 0 amide bonds. The van der Waals surface area contributed by atoms with Gasteiger partial charge in [0.05, 0.1) is 11.6 Å². The molecule has 5 heteroatoms. The van der Waals surface area contributed by atoms with Gasteiger partial charge in [-0.25, -0.2) is 5.43 Å². The van der Waals surface area contributed by atoms with Gasteiger partial charge in [0, 0.05) is 24.8 Å². The van der Waals surface area contributed by atoms with Gasteiger partial charge in [0.1, 0.15) is 0 Å². The molecule has 0 saturated carbocycles. The number of nitrogens with two attached hydrogens (primary N) is 1. The molecule has 0 aliphatic rings. The van der Waals surface area contributed by atoms with Crippen molar-refractivity contribution in [2.45, 2.75) is 26.2 Å². The van der Waals surface area contributed by atoms with Gasteiger partial charge in [-0.2, -0.15) is 0 Å². The molecule has 2 rings (SSSR count). The Hall–Kier alpha value is -1.53. The number of hydrogen-bond donors (Lipinski definition) is 2. The van der Waals surface area contributed by atoms with Gasteiger partial charge in [-0.1, -0.05) is 18.2 Å². The molecule has 0 fully saturated rings. The van der Waals surface area contributed by atoms with Gasteiger partial charge in [0.25, 0.3) is 0 Å². The van der Waals surface area contributed by atoms with Crippen LogP contribution < -0.4 is 11.3 Å². The Labute approximate surface area is 119 Å². The average molecular weight is 275 g/mol. The molecule has 2 aromatic rings. The third-order valence-corrected chi connectivity index (χ3v) is 3.10. The number of fused-ring (bicyclic) bond motifs is 1. The fourth-order valence-corrected chi connectivity index (χ4v) is 2.18. The predicted octanol–water partition coefficient (Wildman–Crippen LogP) is 2.14. The number of hydrazine groups is 1. The van der Waals surface area contributed by atoms with Crippen LogP contribution in [0.4, 0.5) is 0 Å². The van der Waals surface area contributed by atoms with Crippen molar-refractivity contribution < 1.29 is 9.47 Å². The summed E-state index contributed by atoms with van der Waals surface area (Å²) in [5.41, 5.74) is 4.69. The lowest BCUT2D eigenvalue weighted by Crippen LogP contribution is -2.39. The topological polar surface area (TPSA) is 69.4 Å². The first-order valence-corrected chi connectivity index (χ1v) is 6.84. The molecule has 0 radical (unpaired) electrons. The second-order valence-corrected chi connectivity index (χ2v) is 4.38. The second kappa shape index (κ2) is 7.31. The SMILES string of the molecule is CCOC(OCC)C(NN)c1ccc2cccnc2c1. The van der Waals surface area contributed by atoms with Crippen molar-refractivity contribution in [3.8, 4) is 0 Å². The van der Waals surface area contributed by atoms with Gasteiger partial charge in [-0.05, 0) is 31.5 Å². The first-order valence-electron chi connectivity index (χ1n) is 6.84. The van der Waals surface area contributed by atoms with Gasteiger partial charge < -0.3 is 9.47 Å². The zero-order valence-corrected chi connectivity index (χ0v) is 11.9. The van der Waals surface area contributed by atoms with Crippen molar-refractivity contribution >= 4 is 10.9 Å². The van der Waals surface area contributed by atoms with Crippen LogP contribution in [0.2, 0.25) is 0 Å². The van der Waals surface area contributed by atoms with Crippen LogP contribution in [0.5, 0.6) is 0 Å². The fourth-order valence-electron chi connectivity index (χ4n) is 2.18. The van der Waals surface area contributed by atoms with E-state index < -0.39 is 6.29 Å². The predicted molar refractivity (Wildman–Crippen MR) is 78.8 cm³/mol. The first-order chi connectivity index (χ1) is 9.80. The summed E-state index contributed by atoms with van der Waals surface area (Å²) in [6, 6.07) is 9.76. The molecule has 3 N–H and O–H groups in total. The van der Waals surface area contributed by atoms with Crippen LogP contribution in [-0.4, -0.2) is 24.5 Å². The number of nitrogens with zero attached hydrogens (tertiary/aromatic N) is 1. The lowest BCUT2D eigenvalue weighted by molar-refractivity contribution is -0.155. The monoisotopic (exact) mass is 275 g/mol. The summed E-state index contributed by atoms with van der Waals surface area (Å²) in [5, 5.41) is 1.09. The Balaban J connectivity index is 2.31. The van der Waals surface area contributed by atoms with Crippen LogP contribution in [0.15, 0.2) is 36.5 Å². The molecule has 0 aliphatic heterocycles. The molecule has 1 aromatic heterocycles. The highest BCUT2D eigenvalue weighted by molar-refractivity contribution is 5.79. The van der Waals surface area contributed by atoms with Crippen molar-refractivity contribution in [3.63, 3.8) is 0 Å². The van der Waals surface area contributed by atoms with Crippen LogP contribution in [0.1, 0.15) is 25.5 Å². The second-order valence-electron chi connectivity index (χ2n) is 4.38. The minimum absolute atomic E-state index is 0.235. The summed E-state index contributed by atoms with van der Waals surface area (Å²) in [6.45, 7) is 4.99. The highest BCUT2D eigenvalue weighted by Crippen LogP contribution is 2.23. The largest absolute Gasteiger partial charge is 0.351 e. The normalized spacial score (nSPS) is 13.0. The third kappa shape index (κ3) is 3.32. The maximum Gasteiger partial charge on any atom is 0.178 e. The lowest BCUT2D eigenvalue weighted by Gasteiger charge is -2.26. The van der Waals surface area contributed by atoms with E-state index in [0.717, 1.165) is 16.5 Å². The third-order valence-electron chi connectivity index (χ3n) is 3.10. The van der Waals surface area contributed by atoms with Gasteiger partial charge in [-0.3, -0.25) is 10.8 Å². The molecular formula is C15H21N3O2. The van der Waals surface area contributed by atoms with Crippen LogP contribution in [0.3, 0.4) is 0 Å². The summed E-state index contributed by atoms with van der Waals surface area (Å²) in [7, 11) is 0. The number of hydrogen-bond acceptors (Lipinski definition) is 5. The Morgan fingerprint density at radius 1 is 1.20 bits per heavy atom. The van der Waals surface area contributed by atoms with Crippen LogP contribution in [-0.2, 0) is 9.47 Å². The van der Waals surface area contributed by atoms with E-state index in [1.807, 2.05) is 44.2 Å². The first kappa shape index (κ1) is 14.9. The van der Waals surface area contributed by atoms with E-state index in [4.69, 9.17) is 15.3 Å². The summed E-state index contributed by atoms with van der Waals surface area (Å²) in [5.74, 6) is 5.68. The molecular weight excluding hydrogens is 254 g/mol. The molecule has 108 valence electrons. The number of rotatable bonds is 7. The van der Waals surface area contributed by atoms with E-state index in [2.05, 4.69) is 10.4 Å². The molecule has 0 saturated heterocycles. The molecule has 1 unspecified atom stereocenters. The van der Waals surface area contributed by atoms with E-state index >= 15 is 0 Å². The van der Waals surface area contributed by atoms with E-state index in [-0.39, 0.29) is 6.04 Å². The molecule has 1 atom stereocenters. The summed E-state index contributed by atoms with van der Waals surface area (Å²) >= 11 is 0. The number of aromatic nitrogens is 1. The maximum atomic E-state index is 5.68. The van der Waals surface area contributed by atoms with Crippen LogP contribution in [0.25, 0.3) is 10.9 Å². The summed E-state index contributed by atoms with van der Waals surface area (Å²) in [4.78, 5) is 4.36. The smallest absolute Gasteiger partial charge is 0.178 e. The Bertz CT molecular complexity index is 541.